The zero-order valence-electron chi connectivity index (χ0n) is 16.9. The Bertz CT molecular complexity index is 1140. The highest BCUT2D eigenvalue weighted by Gasteiger charge is 2.20. The fraction of sp³-hybridized carbons (Fsp3) is 0.300. The number of thioether (sulfide) groups is 1. The zero-order chi connectivity index (χ0) is 21.9. The van der Waals surface area contributed by atoms with Crippen LogP contribution in [-0.2, 0) is 11.3 Å². The Morgan fingerprint density at radius 1 is 1.40 bits per heavy atom. The van der Waals surface area contributed by atoms with Gasteiger partial charge in [-0.15, -0.1) is 17.9 Å². The van der Waals surface area contributed by atoms with E-state index < -0.39 is 17.5 Å². The minimum absolute atomic E-state index is 0.0664. The lowest BCUT2D eigenvalue weighted by atomic mass is 10.1. The van der Waals surface area contributed by atoms with Crippen LogP contribution in [0.5, 0.6) is 0 Å². The van der Waals surface area contributed by atoms with Crippen LogP contribution in [0, 0.1) is 0 Å². The molecule has 3 rings (SSSR count). The van der Waals surface area contributed by atoms with Gasteiger partial charge in [0.15, 0.2) is 5.16 Å². The van der Waals surface area contributed by atoms with E-state index >= 15 is 0 Å². The molecule has 0 aliphatic carbocycles. The quantitative estimate of drug-likeness (QED) is 0.340. The fourth-order valence-electron chi connectivity index (χ4n) is 2.68. The Labute approximate surface area is 181 Å². The number of fused-ring (bicyclic) bond motifs is 1. The molecule has 30 heavy (non-hydrogen) atoms. The van der Waals surface area contributed by atoms with Gasteiger partial charge in [0.05, 0.1) is 17.4 Å². The molecule has 158 valence electrons. The van der Waals surface area contributed by atoms with Crippen LogP contribution >= 0.6 is 23.1 Å². The summed E-state index contributed by atoms with van der Waals surface area (Å²) < 4.78 is 6.90. The van der Waals surface area contributed by atoms with Crippen molar-refractivity contribution in [1.82, 2.24) is 20.2 Å². The molecule has 0 aromatic carbocycles. The maximum Gasteiger partial charge on any atom is 0.321 e. The summed E-state index contributed by atoms with van der Waals surface area (Å²) in [6, 6.07) is 2.98. The fourth-order valence-corrected chi connectivity index (χ4v) is 4.46. The molecule has 0 aliphatic heterocycles. The summed E-state index contributed by atoms with van der Waals surface area (Å²) in [5.74, 6) is 0.0435. The normalized spacial score (nSPS) is 11.4. The van der Waals surface area contributed by atoms with Crippen molar-refractivity contribution in [2.24, 2.45) is 0 Å². The predicted molar refractivity (Wildman–Crippen MR) is 119 cm³/mol. The standard InChI is InChI=1S/C20H22N4O4S2/c1-5-8-24-17(26)15-12(13-7-6-9-28-13)10-29-16(15)22-19(24)30-11-14(25)21-18(27)23-20(2,3)4/h5-7,9-10H,1,8,11H2,2-4H3,(H2,21,23,25,27). The molecule has 0 unspecified atom stereocenters. The molecule has 0 radical (unpaired) electrons. The molecule has 0 spiro atoms. The molecule has 3 amide bonds. The molecule has 3 aromatic heterocycles. The highest BCUT2D eigenvalue weighted by atomic mass is 32.2. The van der Waals surface area contributed by atoms with E-state index in [9.17, 15) is 14.4 Å². The molecule has 8 nitrogen and oxygen atoms in total. The highest BCUT2D eigenvalue weighted by molar-refractivity contribution is 7.99. The number of urea groups is 1. The molecule has 0 saturated carbocycles. The SMILES string of the molecule is C=CCn1c(SCC(=O)NC(=O)NC(C)(C)C)nc2scc(-c3ccco3)c2c1=O. The molecule has 0 saturated heterocycles. The van der Waals surface area contributed by atoms with E-state index in [-0.39, 0.29) is 17.9 Å². The van der Waals surface area contributed by atoms with Gasteiger partial charge in [0.2, 0.25) is 5.91 Å². The van der Waals surface area contributed by atoms with Gasteiger partial charge < -0.3 is 9.73 Å². The highest BCUT2D eigenvalue weighted by Crippen LogP contribution is 2.32. The van der Waals surface area contributed by atoms with Gasteiger partial charge in [0.1, 0.15) is 10.6 Å². The lowest BCUT2D eigenvalue weighted by Gasteiger charge is -2.20. The second-order valence-corrected chi connectivity index (χ2v) is 9.25. The number of amides is 3. The summed E-state index contributed by atoms with van der Waals surface area (Å²) in [4.78, 5) is 42.3. The summed E-state index contributed by atoms with van der Waals surface area (Å²) in [5, 5.41) is 7.61. The van der Waals surface area contributed by atoms with E-state index in [2.05, 4.69) is 22.2 Å². The third-order valence-corrected chi connectivity index (χ3v) is 5.68. The molecule has 0 bridgehead atoms. The van der Waals surface area contributed by atoms with Gasteiger partial charge in [-0.3, -0.25) is 19.5 Å². The van der Waals surface area contributed by atoms with E-state index in [4.69, 9.17) is 4.42 Å². The average Bonchev–Trinajstić information content (AvgIpc) is 3.30. The zero-order valence-corrected chi connectivity index (χ0v) is 18.5. The minimum atomic E-state index is -0.568. The van der Waals surface area contributed by atoms with Crippen LogP contribution in [0.1, 0.15) is 20.8 Å². The van der Waals surface area contributed by atoms with Crippen molar-refractivity contribution >= 4 is 45.3 Å². The van der Waals surface area contributed by atoms with E-state index in [1.54, 1.807) is 24.5 Å². The van der Waals surface area contributed by atoms with Crippen molar-refractivity contribution < 1.29 is 14.0 Å². The molecule has 3 heterocycles. The number of aromatic nitrogens is 2. The third kappa shape index (κ3) is 5.00. The number of rotatable bonds is 6. The van der Waals surface area contributed by atoms with Gasteiger partial charge in [-0.05, 0) is 32.9 Å². The number of allylic oxidation sites excluding steroid dienone is 1. The number of furan rings is 1. The van der Waals surface area contributed by atoms with Crippen LogP contribution in [0.4, 0.5) is 4.79 Å². The number of hydrogen-bond donors (Lipinski definition) is 2. The Hall–Kier alpha value is -2.85. The lowest BCUT2D eigenvalue weighted by Crippen LogP contribution is -2.48. The molecular formula is C20H22N4O4S2. The van der Waals surface area contributed by atoms with E-state index in [0.717, 1.165) is 11.8 Å². The van der Waals surface area contributed by atoms with Gasteiger partial charge in [0, 0.05) is 23.0 Å². The molecular weight excluding hydrogens is 424 g/mol. The number of thiophene rings is 1. The Morgan fingerprint density at radius 2 is 2.17 bits per heavy atom. The largest absolute Gasteiger partial charge is 0.464 e. The minimum Gasteiger partial charge on any atom is -0.464 e. The summed E-state index contributed by atoms with van der Waals surface area (Å²) in [6.07, 6.45) is 3.14. The van der Waals surface area contributed by atoms with Crippen molar-refractivity contribution in [3.05, 3.63) is 46.8 Å². The van der Waals surface area contributed by atoms with Gasteiger partial charge in [-0.1, -0.05) is 17.8 Å². The van der Waals surface area contributed by atoms with Crippen LogP contribution in [0.3, 0.4) is 0 Å². The first-order valence-electron chi connectivity index (χ1n) is 9.11. The van der Waals surface area contributed by atoms with Gasteiger partial charge in [-0.2, -0.15) is 0 Å². The van der Waals surface area contributed by atoms with Gasteiger partial charge >= 0.3 is 6.03 Å². The second-order valence-electron chi connectivity index (χ2n) is 7.45. The Balaban J connectivity index is 1.84. The lowest BCUT2D eigenvalue weighted by molar-refractivity contribution is -0.117. The van der Waals surface area contributed by atoms with Crippen molar-refractivity contribution in [2.45, 2.75) is 38.0 Å². The van der Waals surface area contributed by atoms with Crippen molar-refractivity contribution in [2.75, 3.05) is 5.75 Å². The van der Waals surface area contributed by atoms with E-state index in [0.29, 0.717) is 26.7 Å². The smallest absolute Gasteiger partial charge is 0.321 e. The monoisotopic (exact) mass is 446 g/mol. The van der Waals surface area contributed by atoms with E-state index in [1.165, 1.54) is 15.9 Å². The van der Waals surface area contributed by atoms with Crippen LogP contribution in [0.15, 0.2) is 50.8 Å². The number of nitrogens with zero attached hydrogens (tertiary/aromatic N) is 2. The van der Waals surface area contributed by atoms with E-state index in [1.807, 2.05) is 26.2 Å². The first kappa shape index (κ1) is 21.8. The first-order valence-corrected chi connectivity index (χ1v) is 11.0. The second kappa shape index (κ2) is 8.88. The van der Waals surface area contributed by atoms with Crippen molar-refractivity contribution in [1.29, 1.82) is 0 Å². The van der Waals surface area contributed by atoms with Gasteiger partial charge in [-0.25, -0.2) is 9.78 Å². The topological polar surface area (TPSA) is 106 Å². The Morgan fingerprint density at radius 3 is 2.80 bits per heavy atom. The third-order valence-electron chi connectivity index (χ3n) is 3.83. The molecule has 2 N–H and O–H groups in total. The van der Waals surface area contributed by atoms with Gasteiger partial charge in [0.25, 0.3) is 5.56 Å². The summed E-state index contributed by atoms with van der Waals surface area (Å²) in [7, 11) is 0. The summed E-state index contributed by atoms with van der Waals surface area (Å²) in [6.45, 7) is 9.39. The first-order chi connectivity index (χ1) is 14.2. The number of carbonyl (C=O) groups is 2. The van der Waals surface area contributed by atoms with Crippen LogP contribution in [0.2, 0.25) is 0 Å². The average molecular weight is 447 g/mol. The molecule has 10 heteroatoms. The number of imide groups is 1. The maximum absolute atomic E-state index is 13.2. The number of carbonyl (C=O) groups excluding carboxylic acids is 2. The van der Waals surface area contributed by atoms with Crippen molar-refractivity contribution in [3.8, 4) is 11.3 Å². The van der Waals surface area contributed by atoms with Crippen LogP contribution in [0.25, 0.3) is 21.5 Å². The summed E-state index contributed by atoms with van der Waals surface area (Å²) >= 11 is 2.42. The predicted octanol–water partition coefficient (Wildman–Crippen LogP) is 3.62. The van der Waals surface area contributed by atoms with Crippen LogP contribution in [-0.4, -0.2) is 32.8 Å². The number of hydrogen-bond acceptors (Lipinski definition) is 7. The van der Waals surface area contributed by atoms with Crippen molar-refractivity contribution in [3.63, 3.8) is 0 Å². The summed E-state index contributed by atoms with van der Waals surface area (Å²) in [5.41, 5.74) is -0.0104. The molecule has 0 fully saturated rings. The molecule has 0 atom stereocenters. The molecule has 3 aromatic rings. The van der Waals surface area contributed by atoms with Crippen LogP contribution < -0.4 is 16.2 Å². The molecule has 0 aliphatic rings. The maximum atomic E-state index is 13.2. The number of nitrogens with one attached hydrogen (secondary N) is 2. The Kier molecular flexibility index (Phi) is 6.47.